The molecule has 1 aromatic rings. The lowest BCUT2D eigenvalue weighted by molar-refractivity contribution is -0.148. The second kappa shape index (κ2) is 4.87. The van der Waals surface area contributed by atoms with Gasteiger partial charge in [-0.15, -0.1) is 0 Å². The van der Waals surface area contributed by atoms with Gasteiger partial charge in [0.15, 0.2) is 0 Å². The van der Waals surface area contributed by atoms with Crippen LogP contribution in [0.25, 0.3) is 0 Å². The molecule has 0 unspecified atom stereocenters. The molecule has 0 atom stereocenters. The van der Waals surface area contributed by atoms with Crippen molar-refractivity contribution in [1.29, 1.82) is 0 Å². The third kappa shape index (κ3) is 2.03. The van der Waals surface area contributed by atoms with Gasteiger partial charge in [0.1, 0.15) is 5.41 Å². The summed E-state index contributed by atoms with van der Waals surface area (Å²) in [4.78, 5) is 37.5. The topological polar surface area (TPSA) is 66.5 Å². The van der Waals surface area contributed by atoms with E-state index in [0.717, 1.165) is 11.3 Å². The van der Waals surface area contributed by atoms with Crippen LogP contribution in [-0.4, -0.2) is 17.8 Å². The van der Waals surface area contributed by atoms with Gasteiger partial charge in [-0.3, -0.25) is 14.9 Å². The number of carbonyl (C=O) groups is 3. The van der Waals surface area contributed by atoms with Crippen LogP contribution in [0.4, 0.5) is 10.5 Å². The maximum Gasteiger partial charge on any atom is 0.335 e. The van der Waals surface area contributed by atoms with Crippen molar-refractivity contribution in [3.05, 3.63) is 27.2 Å². The minimum atomic E-state index is -1.18. The third-order valence-corrected chi connectivity index (χ3v) is 4.68. The number of hydrogen-bond acceptors (Lipinski definition) is 3. The number of amides is 4. The van der Waals surface area contributed by atoms with E-state index >= 15 is 0 Å². The van der Waals surface area contributed by atoms with E-state index in [-0.39, 0.29) is 20.8 Å². The number of barbiturate groups is 1. The number of halogens is 3. The van der Waals surface area contributed by atoms with Crippen LogP contribution in [0, 0.1) is 5.41 Å². The van der Waals surface area contributed by atoms with Crippen molar-refractivity contribution >= 4 is 58.3 Å². The summed E-state index contributed by atoms with van der Waals surface area (Å²) in [5, 5.41) is 2.62. The van der Waals surface area contributed by atoms with Crippen molar-refractivity contribution < 1.29 is 14.4 Å². The second-order valence-corrected chi connectivity index (χ2v) is 6.30. The van der Waals surface area contributed by atoms with Crippen molar-refractivity contribution in [3.63, 3.8) is 0 Å². The van der Waals surface area contributed by atoms with Crippen LogP contribution in [0.15, 0.2) is 12.1 Å². The number of nitrogens with one attached hydrogen (secondary N) is 1. The largest absolute Gasteiger partial charge is 0.335 e. The van der Waals surface area contributed by atoms with Crippen LogP contribution in [0.1, 0.15) is 19.3 Å². The Morgan fingerprint density at radius 1 is 1.05 bits per heavy atom. The van der Waals surface area contributed by atoms with E-state index in [2.05, 4.69) is 5.32 Å². The number of carbonyl (C=O) groups excluding carboxylic acids is 3. The van der Waals surface area contributed by atoms with Crippen LogP contribution in [0.5, 0.6) is 0 Å². The van der Waals surface area contributed by atoms with E-state index in [1.807, 2.05) is 0 Å². The van der Waals surface area contributed by atoms with Gasteiger partial charge in [0.2, 0.25) is 5.91 Å². The lowest BCUT2D eigenvalue weighted by Crippen LogP contribution is -2.66. The normalized spacial score (nSPS) is 20.5. The van der Waals surface area contributed by atoms with Crippen LogP contribution >= 0.6 is 34.8 Å². The summed E-state index contributed by atoms with van der Waals surface area (Å²) >= 11 is 17.9. The van der Waals surface area contributed by atoms with Gasteiger partial charge in [-0.25, -0.2) is 9.69 Å². The lowest BCUT2D eigenvalue weighted by atomic mass is 9.66. The fraction of sp³-hybridized carbons (Fsp3) is 0.308. The molecule has 1 N–H and O–H groups in total. The van der Waals surface area contributed by atoms with Gasteiger partial charge in [0.25, 0.3) is 5.91 Å². The number of hydrogen-bond donors (Lipinski definition) is 1. The highest BCUT2D eigenvalue weighted by Crippen LogP contribution is 2.47. The Labute approximate surface area is 135 Å². The highest BCUT2D eigenvalue weighted by atomic mass is 35.5. The zero-order valence-corrected chi connectivity index (χ0v) is 12.8. The molecule has 0 aromatic heterocycles. The molecular weight excluding hydrogens is 339 g/mol. The Morgan fingerprint density at radius 2 is 1.62 bits per heavy atom. The maximum atomic E-state index is 12.6. The number of imide groups is 2. The molecule has 1 aromatic carbocycles. The quantitative estimate of drug-likeness (QED) is 0.792. The molecule has 2 aliphatic rings. The molecule has 0 radical (unpaired) electrons. The number of benzene rings is 1. The van der Waals surface area contributed by atoms with Gasteiger partial charge < -0.3 is 0 Å². The summed E-state index contributed by atoms with van der Waals surface area (Å²) in [6, 6.07) is 1.91. The van der Waals surface area contributed by atoms with Crippen molar-refractivity contribution in [1.82, 2.24) is 5.32 Å². The molecule has 5 nitrogen and oxygen atoms in total. The third-order valence-electron chi connectivity index (χ3n) is 3.88. The molecule has 4 amide bonds. The van der Waals surface area contributed by atoms with Crippen molar-refractivity contribution in [2.75, 3.05) is 4.90 Å². The van der Waals surface area contributed by atoms with Gasteiger partial charge in [-0.2, -0.15) is 0 Å². The molecule has 1 saturated heterocycles. The van der Waals surface area contributed by atoms with Gasteiger partial charge >= 0.3 is 6.03 Å². The Hall–Kier alpha value is -1.30. The molecule has 0 bridgehead atoms. The van der Waals surface area contributed by atoms with Gasteiger partial charge in [0.05, 0.1) is 15.7 Å². The first-order valence-corrected chi connectivity index (χ1v) is 7.35. The number of rotatable bonds is 1. The van der Waals surface area contributed by atoms with E-state index in [9.17, 15) is 14.4 Å². The highest BCUT2D eigenvalue weighted by molar-refractivity contribution is 6.44. The Balaban J connectivity index is 2.11. The fourth-order valence-corrected chi connectivity index (χ4v) is 3.58. The highest BCUT2D eigenvalue weighted by Gasteiger charge is 2.58. The maximum absolute atomic E-state index is 12.6. The molecule has 1 aliphatic carbocycles. The predicted molar refractivity (Wildman–Crippen MR) is 78.8 cm³/mol. The summed E-state index contributed by atoms with van der Waals surface area (Å²) < 4.78 is 0. The summed E-state index contributed by atoms with van der Waals surface area (Å²) in [6.07, 6.45) is 1.57. The molecular formula is C13H9Cl3N2O3. The molecule has 110 valence electrons. The standard InChI is InChI=1S/C13H9Cl3N2O3/c14-6-4-7(15)9(8(16)5-6)18-11(20)13(2-1-3-13)10(19)17-12(18)21/h4-5H,1-3H2,(H,17,19,21). The van der Waals surface area contributed by atoms with Crippen LogP contribution < -0.4 is 10.2 Å². The summed E-state index contributed by atoms with van der Waals surface area (Å²) in [5.74, 6) is -1.14. The first-order valence-electron chi connectivity index (χ1n) is 6.21. The SMILES string of the molecule is O=C1NC(=O)C2(CCC2)C(=O)N1c1c(Cl)cc(Cl)cc1Cl. The molecule has 1 saturated carbocycles. The Bertz CT molecular complexity index is 662. The predicted octanol–water partition coefficient (Wildman–Crippen LogP) is 3.40. The van der Waals surface area contributed by atoms with Gasteiger partial charge in [-0.05, 0) is 25.0 Å². The second-order valence-electron chi connectivity index (χ2n) is 5.05. The fourth-order valence-electron chi connectivity index (χ4n) is 2.60. The van der Waals surface area contributed by atoms with Crippen molar-refractivity contribution in [3.8, 4) is 0 Å². The van der Waals surface area contributed by atoms with Crippen LogP contribution in [0.2, 0.25) is 15.1 Å². The van der Waals surface area contributed by atoms with E-state index < -0.39 is 23.3 Å². The van der Waals surface area contributed by atoms with E-state index in [4.69, 9.17) is 34.8 Å². The molecule has 1 spiro atoms. The van der Waals surface area contributed by atoms with Gasteiger partial charge in [-0.1, -0.05) is 41.2 Å². The van der Waals surface area contributed by atoms with E-state index in [0.29, 0.717) is 12.8 Å². The van der Waals surface area contributed by atoms with Crippen LogP contribution in [0.3, 0.4) is 0 Å². The zero-order valence-electron chi connectivity index (χ0n) is 10.6. The number of urea groups is 1. The van der Waals surface area contributed by atoms with Gasteiger partial charge in [0, 0.05) is 5.02 Å². The first-order chi connectivity index (χ1) is 9.86. The van der Waals surface area contributed by atoms with Crippen LogP contribution in [-0.2, 0) is 9.59 Å². The first kappa shape index (κ1) is 14.6. The summed E-state index contributed by atoms with van der Waals surface area (Å²) in [5.41, 5.74) is -1.13. The summed E-state index contributed by atoms with van der Waals surface area (Å²) in [6.45, 7) is 0. The molecule has 1 aliphatic heterocycles. The molecule has 3 rings (SSSR count). The van der Waals surface area contributed by atoms with E-state index in [1.165, 1.54) is 12.1 Å². The minimum absolute atomic E-state index is 0.0454. The number of anilines is 1. The smallest absolute Gasteiger partial charge is 0.276 e. The van der Waals surface area contributed by atoms with Crippen molar-refractivity contribution in [2.45, 2.75) is 19.3 Å². The average Bonchev–Trinajstić information content (AvgIpc) is 2.29. The molecule has 1 heterocycles. The Morgan fingerprint density at radius 3 is 2.10 bits per heavy atom. The number of nitrogens with zero attached hydrogens (tertiary/aromatic N) is 1. The molecule has 21 heavy (non-hydrogen) atoms. The monoisotopic (exact) mass is 346 g/mol. The van der Waals surface area contributed by atoms with Crippen molar-refractivity contribution in [2.24, 2.45) is 5.41 Å². The summed E-state index contributed by atoms with van der Waals surface area (Å²) in [7, 11) is 0. The van der Waals surface area contributed by atoms with E-state index in [1.54, 1.807) is 0 Å². The zero-order chi connectivity index (χ0) is 15.4. The average molecular weight is 348 g/mol. The minimum Gasteiger partial charge on any atom is -0.276 e. The lowest BCUT2D eigenvalue weighted by Gasteiger charge is -2.44. The molecule has 8 heteroatoms. The Kier molecular flexibility index (Phi) is 3.39. The molecule has 2 fully saturated rings.